The monoisotopic (exact) mass is 552 g/mol. The zero-order valence-corrected chi connectivity index (χ0v) is 20.0. The molecule has 0 radical (unpaired) electrons. The van der Waals surface area contributed by atoms with E-state index in [9.17, 15) is 14.4 Å². The number of hydrogen-bond acceptors (Lipinski definition) is 4. The lowest BCUT2D eigenvalue weighted by molar-refractivity contribution is -0.122. The van der Waals surface area contributed by atoms with Gasteiger partial charge in [-0.3, -0.25) is 14.9 Å². The van der Waals surface area contributed by atoms with Crippen molar-refractivity contribution >= 4 is 52.2 Å². The maximum Gasteiger partial charge on any atom is 0.335 e. The van der Waals surface area contributed by atoms with Crippen LogP contribution in [0.1, 0.15) is 23.6 Å². The van der Waals surface area contributed by atoms with Gasteiger partial charge in [-0.15, -0.1) is 0 Å². The van der Waals surface area contributed by atoms with E-state index in [1.54, 1.807) is 36.4 Å². The molecular weight excluding hydrogens is 531 g/mol. The number of para-hydroxylation sites is 1. The van der Waals surface area contributed by atoms with Gasteiger partial charge in [0.15, 0.2) is 0 Å². The predicted molar refractivity (Wildman–Crippen MR) is 135 cm³/mol. The number of urea groups is 1. The van der Waals surface area contributed by atoms with Crippen molar-refractivity contribution in [2.24, 2.45) is 0 Å². The molecule has 1 N–H and O–H groups in total. The van der Waals surface area contributed by atoms with Crippen molar-refractivity contribution in [1.29, 1.82) is 0 Å². The van der Waals surface area contributed by atoms with Gasteiger partial charge < -0.3 is 4.74 Å². The summed E-state index contributed by atoms with van der Waals surface area (Å²) in [6.45, 7) is 2.38. The number of imide groups is 2. The van der Waals surface area contributed by atoms with E-state index in [1.165, 1.54) is 6.08 Å². The molecule has 1 heterocycles. The lowest BCUT2D eigenvalue weighted by Gasteiger charge is -2.27. The first-order valence-corrected chi connectivity index (χ1v) is 11.5. The molecule has 0 aromatic heterocycles. The molecule has 166 valence electrons. The smallest absolute Gasteiger partial charge is 0.335 e. The molecule has 0 unspecified atom stereocenters. The summed E-state index contributed by atoms with van der Waals surface area (Å²) in [6, 6.07) is 21.5. The number of amides is 4. The minimum atomic E-state index is -0.748. The SMILES string of the molecule is CCc1ccccc1N1C(=O)NC(=O)/C(=C\c2ccc(OCc3ccc(I)cc3)cc2)C1=O. The van der Waals surface area contributed by atoms with Crippen LogP contribution in [-0.2, 0) is 22.6 Å². The van der Waals surface area contributed by atoms with E-state index in [4.69, 9.17) is 4.74 Å². The zero-order chi connectivity index (χ0) is 23.4. The minimum Gasteiger partial charge on any atom is -0.489 e. The normalized spacial score (nSPS) is 15.0. The fourth-order valence-corrected chi connectivity index (χ4v) is 3.84. The maximum absolute atomic E-state index is 13.1. The fourth-order valence-electron chi connectivity index (χ4n) is 3.48. The number of hydrogen-bond donors (Lipinski definition) is 1. The highest BCUT2D eigenvalue weighted by Crippen LogP contribution is 2.26. The highest BCUT2D eigenvalue weighted by Gasteiger charge is 2.37. The van der Waals surface area contributed by atoms with E-state index in [1.807, 2.05) is 43.3 Å². The third-order valence-corrected chi connectivity index (χ3v) is 5.94. The zero-order valence-electron chi connectivity index (χ0n) is 17.9. The second-order valence-electron chi connectivity index (χ2n) is 7.42. The molecule has 33 heavy (non-hydrogen) atoms. The van der Waals surface area contributed by atoms with Crippen LogP contribution >= 0.6 is 22.6 Å². The molecule has 0 aliphatic carbocycles. The fraction of sp³-hybridized carbons (Fsp3) is 0.115. The Balaban J connectivity index is 1.53. The number of benzene rings is 3. The number of carbonyl (C=O) groups is 3. The number of aryl methyl sites for hydroxylation is 1. The molecular formula is C26H21IN2O4. The van der Waals surface area contributed by atoms with Gasteiger partial charge in [0.05, 0.1) is 5.69 Å². The highest BCUT2D eigenvalue weighted by molar-refractivity contribution is 14.1. The van der Waals surface area contributed by atoms with Gasteiger partial charge in [0.1, 0.15) is 17.9 Å². The third-order valence-electron chi connectivity index (χ3n) is 5.22. The Morgan fingerprint density at radius 1 is 0.939 bits per heavy atom. The second-order valence-corrected chi connectivity index (χ2v) is 8.67. The summed E-state index contributed by atoms with van der Waals surface area (Å²) in [7, 11) is 0. The van der Waals surface area contributed by atoms with Crippen molar-refractivity contribution < 1.29 is 19.1 Å². The molecule has 0 saturated carbocycles. The van der Waals surface area contributed by atoms with Gasteiger partial charge in [0.2, 0.25) is 0 Å². The van der Waals surface area contributed by atoms with Crippen LogP contribution < -0.4 is 15.0 Å². The molecule has 1 aliphatic rings. The van der Waals surface area contributed by atoms with Crippen LogP contribution in [0.15, 0.2) is 78.4 Å². The number of halogens is 1. The number of carbonyl (C=O) groups excluding carboxylic acids is 3. The van der Waals surface area contributed by atoms with Crippen molar-refractivity contribution in [2.45, 2.75) is 20.0 Å². The molecule has 0 spiro atoms. The van der Waals surface area contributed by atoms with E-state index in [0.717, 1.165) is 19.6 Å². The molecule has 6 nitrogen and oxygen atoms in total. The molecule has 1 saturated heterocycles. The molecule has 1 fully saturated rings. The van der Waals surface area contributed by atoms with Crippen LogP contribution in [-0.4, -0.2) is 17.8 Å². The molecule has 3 aromatic carbocycles. The lowest BCUT2D eigenvalue weighted by atomic mass is 10.0. The number of ether oxygens (including phenoxy) is 1. The number of anilines is 1. The largest absolute Gasteiger partial charge is 0.489 e. The van der Waals surface area contributed by atoms with Crippen LogP contribution in [0.25, 0.3) is 6.08 Å². The summed E-state index contributed by atoms with van der Waals surface area (Å²) in [4.78, 5) is 39.0. The average Bonchev–Trinajstić information content (AvgIpc) is 2.82. The van der Waals surface area contributed by atoms with Crippen molar-refractivity contribution in [1.82, 2.24) is 5.32 Å². The van der Waals surface area contributed by atoms with Gasteiger partial charge in [0.25, 0.3) is 11.8 Å². The van der Waals surface area contributed by atoms with Crippen molar-refractivity contribution in [3.63, 3.8) is 0 Å². The third kappa shape index (κ3) is 5.14. The van der Waals surface area contributed by atoms with Gasteiger partial charge in [-0.1, -0.05) is 49.4 Å². The Hall–Kier alpha value is -3.46. The average molecular weight is 552 g/mol. The quantitative estimate of drug-likeness (QED) is 0.263. The Morgan fingerprint density at radius 2 is 1.64 bits per heavy atom. The number of nitrogens with zero attached hydrogens (tertiary/aromatic N) is 1. The van der Waals surface area contributed by atoms with Gasteiger partial charge in [0, 0.05) is 3.57 Å². The Kier molecular flexibility index (Phi) is 6.88. The topological polar surface area (TPSA) is 75.7 Å². The first-order valence-electron chi connectivity index (χ1n) is 10.4. The summed E-state index contributed by atoms with van der Waals surface area (Å²) in [6.07, 6.45) is 2.12. The molecule has 0 atom stereocenters. The molecule has 4 amide bonds. The van der Waals surface area contributed by atoms with E-state index < -0.39 is 17.8 Å². The standard InChI is InChI=1S/C26H21IN2O4/c1-2-19-5-3-4-6-23(19)29-25(31)22(24(30)28-26(29)32)15-17-9-13-21(14-10-17)33-16-18-7-11-20(27)12-8-18/h3-15H,2,16H2,1H3,(H,28,30,32)/b22-15+. The van der Waals surface area contributed by atoms with Gasteiger partial charge in [-0.2, -0.15) is 0 Å². The summed E-state index contributed by atoms with van der Waals surface area (Å²) in [5.74, 6) is -0.693. The summed E-state index contributed by atoms with van der Waals surface area (Å²) < 4.78 is 6.97. The summed E-state index contributed by atoms with van der Waals surface area (Å²) in [5.41, 5.74) is 2.91. The van der Waals surface area contributed by atoms with Gasteiger partial charge >= 0.3 is 6.03 Å². The van der Waals surface area contributed by atoms with Crippen LogP contribution in [0.4, 0.5) is 10.5 Å². The lowest BCUT2D eigenvalue weighted by Crippen LogP contribution is -2.54. The van der Waals surface area contributed by atoms with Gasteiger partial charge in [-0.25, -0.2) is 9.69 Å². The van der Waals surface area contributed by atoms with Crippen LogP contribution in [0.3, 0.4) is 0 Å². The van der Waals surface area contributed by atoms with Crippen molar-refractivity contribution in [2.75, 3.05) is 4.90 Å². The second kappa shape index (κ2) is 9.99. The maximum atomic E-state index is 13.1. The number of nitrogens with one attached hydrogen (secondary N) is 1. The first-order chi connectivity index (χ1) is 16.0. The van der Waals surface area contributed by atoms with E-state index in [2.05, 4.69) is 27.9 Å². The predicted octanol–water partition coefficient (Wildman–Crippen LogP) is 5.10. The van der Waals surface area contributed by atoms with Crippen LogP contribution in [0.5, 0.6) is 5.75 Å². The Bertz CT molecular complexity index is 1230. The highest BCUT2D eigenvalue weighted by atomic mass is 127. The summed E-state index contributed by atoms with van der Waals surface area (Å²) >= 11 is 2.25. The molecule has 0 bridgehead atoms. The molecule has 7 heteroatoms. The van der Waals surface area contributed by atoms with Crippen molar-refractivity contribution in [3.8, 4) is 5.75 Å². The summed E-state index contributed by atoms with van der Waals surface area (Å²) in [5, 5.41) is 2.27. The Labute approximate surface area is 205 Å². The van der Waals surface area contributed by atoms with Crippen molar-refractivity contribution in [3.05, 3.63) is 98.6 Å². The molecule has 3 aromatic rings. The minimum absolute atomic E-state index is 0.104. The first kappa shape index (κ1) is 22.7. The Morgan fingerprint density at radius 3 is 2.33 bits per heavy atom. The molecule has 4 rings (SSSR count). The van der Waals surface area contributed by atoms with E-state index in [-0.39, 0.29) is 5.57 Å². The molecule has 1 aliphatic heterocycles. The number of barbiturate groups is 1. The van der Waals surface area contributed by atoms with E-state index >= 15 is 0 Å². The van der Waals surface area contributed by atoms with E-state index in [0.29, 0.717) is 30.0 Å². The van der Waals surface area contributed by atoms with Crippen LogP contribution in [0, 0.1) is 3.57 Å². The number of rotatable bonds is 6. The van der Waals surface area contributed by atoms with Gasteiger partial charge in [-0.05, 0) is 82.1 Å². The van der Waals surface area contributed by atoms with Crippen LogP contribution in [0.2, 0.25) is 0 Å².